The molecule has 0 saturated heterocycles. The van der Waals surface area contributed by atoms with E-state index in [1.807, 2.05) is 0 Å². The summed E-state index contributed by atoms with van der Waals surface area (Å²) in [5.74, 6) is -0.477. The van der Waals surface area contributed by atoms with Gasteiger partial charge in [0.05, 0.1) is 24.0 Å². The molecule has 0 unspecified atom stereocenters. The maximum atomic E-state index is 12.5. The van der Waals surface area contributed by atoms with E-state index in [1.54, 1.807) is 0 Å². The molecule has 0 spiro atoms. The first-order valence-electron chi connectivity index (χ1n) is 6.72. The molecule has 130 valence electrons. The van der Waals surface area contributed by atoms with Crippen molar-refractivity contribution in [2.45, 2.75) is 10.9 Å². The molecule has 0 radical (unpaired) electrons. The maximum absolute atomic E-state index is 12.5. The first-order valence-corrected chi connectivity index (χ1v) is 8.71. The van der Waals surface area contributed by atoms with Gasteiger partial charge >= 0.3 is 5.69 Å². The van der Waals surface area contributed by atoms with Crippen LogP contribution in [0.4, 0.5) is 5.69 Å². The molecule has 10 nitrogen and oxygen atoms in total. The van der Waals surface area contributed by atoms with E-state index in [0.29, 0.717) is 5.52 Å². The fraction of sp³-hybridized carbons (Fsp3) is 0.154. The highest BCUT2D eigenvalue weighted by Gasteiger charge is 2.23. The van der Waals surface area contributed by atoms with E-state index in [2.05, 4.69) is 15.0 Å². The Kier molecular flexibility index (Phi) is 4.27. The third-order valence-corrected chi connectivity index (χ3v) is 5.02. The van der Waals surface area contributed by atoms with E-state index in [-0.39, 0.29) is 22.6 Å². The molecule has 0 bridgehead atoms. The van der Waals surface area contributed by atoms with Crippen LogP contribution in [-0.4, -0.2) is 39.5 Å². The fourth-order valence-electron chi connectivity index (χ4n) is 2.17. The quantitative estimate of drug-likeness (QED) is 0.369. The Morgan fingerprint density at radius 3 is 2.80 bits per heavy atom. The summed E-state index contributed by atoms with van der Waals surface area (Å²) in [7, 11) is -2.66. The van der Waals surface area contributed by atoms with Crippen molar-refractivity contribution in [3.05, 3.63) is 46.4 Å². The largest absolute Gasteiger partial charge is 0.490 e. The van der Waals surface area contributed by atoms with Gasteiger partial charge in [0, 0.05) is 17.8 Å². The van der Waals surface area contributed by atoms with Gasteiger partial charge in [0.1, 0.15) is 11.8 Å². The van der Waals surface area contributed by atoms with Crippen LogP contribution >= 0.6 is 11.8 Å². The zero-order chi connectivity index (χ0) is 18.2. The predicted molar refractivity (Wildman–Crippen MR) is 87.1 cm³/mol. The highest BCUT2D eigenvalue weighted by molar-refractivity contribution is 7.90. The van der Waals surface area contributed by atoms with Crippen LogP contribution in [0.25, 0.3) is 11.2 Å². The fourth-order valence-corrected chi connectivity index (χ4v) is 3.52. The summed E-state index contributed by atoms with van der Waals surface area (Å²) >= 11 is 5.82. The van der Waals surface area contributed by atoms with Crippen LogP contribution in [0, 0.1) is 10.1 Å². The second kappa shape index (κ2) is 6.26. The summed E-state index contributed by atoms with van der Waals surface area (Å²) in [5.41, 5.74) is 0.367. The number of fused-ring (bicyclic) bond motifs is 1. The molecule has 0 amide bonds. The molecular formula is C13H10ClN5O5S. The van der Waals surface area contributed by atoms with E-state index >= 15 is 0 Å². The molecule has 0 aliphatic rings. The van der Waals surface area contributed by atoms with Crippen LogP contribution in [0.5, 0.6) is 5.75 Å². The molecule has 2 aromatic heterocycles. The van der Waals surface area contributed by atoms with E-state index in [4.69, 9.17) is 16.5 Å². The monoisotopic (exact) mass is 383 g/mol. The number of ether oxygens (including phenoxy) is 1. The molecule has 0 aliphatic carbocycles. The Bertz CT molecular complexity index is 1080. The van der Waals surface area contributed by atoms with Crippen LogP contribution in [-0.2, 0) is 15.6 Å². The Hall–Kier alpha value is -2.79. The first-order chi connectivity index (χ1) is 11.8. The van der Waals surface area contributed by atoms with Crippen LogP contribution < -0.4 is 4.74 Å². The van der Waals surface area contributed by atoms with Gasteiger partial charge in [-0.05, 0) is 11.6 Å². The number of hydrogen-bond acceptors (Lipinski definition) is 8. The number of sulfone groups is 1. The minimum atomic E-state index is -3.95. The lowest BCUT2D eigenvalue weighted by molar-refractivity contribution is -0.385. The summed E-state index contributed by atoms with van der Waals surface area (Å²) in [6.07, 6.45) is 2.51. The molecule has 0 saturated carbocycles. The van der Waals surface area contributed by atoms with Crippen molar-refractivity contribution in [1.29, 1.82) is 0 Å². The summed E-state index contributed by atoms with van der Waals surface area (Å²) in [6.45, 7) is 0. The highest BCUT2D eigenvalue weighted by Crippen LogP contribution is 2.28. The van der Waals surface area contributed by atoms with Crippen LogP contribution in [0.15, 0.2) is 35.9 Å². The average molecular weight is 384 g/mol. The lowest BCUT2D eigenvalue weighted by Crippen LogP contribution is -2.10. The number of aromatic nitrogens is 4. The number of nitrogens with zero attached hydrogens (tertiary/aromatic N) is 5. The van der Waals surface area contributed by atoms with E-state index in [0.717, 1.165) is 10.2 Å². The molecule has 25 heavy (non-hydrogen) atoms. The van der Waals surface area contributed by atoms with Crippen molar-refractivity contribution >= 4 is 38.5 Å². The Morgan fingerprint density at radius 1 is 1.36 bits per heavy atom. The SMILES string of the molecule is COc1ccc(CS(=O)(=O)c2ncc3ncn(Cl)c3n2)cc1[N+](=O)[O-]. The molecule has 1 aromatic carbocycles. The predicted octanol–water partition coefficient (Wildman–Crippen LogP) is 1.72. The van der Waals surface area contributed by atoms with Gasteiger partial charge in [0.2, 0.25) is 15.0 Å². The zero-order valence-corrected chi connectivity index (χ0v) is 14.2. The number of halogens is 1. The maximum Gasteiger partial charge on any atom is 0.311 e. The van der Waals surface area contributed by atoms with Crippen molar-refractivity contribution in [2.24, 2.45) is 0 Å². The number of methoxy groups -OCH3 is 1. The van der Waals surface area contributed by atoms with Gasteiger partial charge in [0.25, 0.3) is 0 Å². The molecule has 12 heteroatoms. The topological polar surface area (TPSA) is 130 Å². The smallest absolute Gasteiger partial charge is 0.311 e. The second-order valence-electron chi connectivity index (χ2n) is 4.94. The third-order valence-electron chi connectivity index (χ3n) is 3.30. The first kappa shape index (κ1) is 17.0. The number of hydrogen-bond donors (Lipinski definition) is 0. The molecule has 0 N–H and O–H groups in total. The number of nitro groups is 1. The number of benzene rings is 1. The molecule has 0 aliphatic heterocycles. The van der Waals surface area contributed by atoms with Crippen molar-refractivity contribution < 1.29 is 18.1 Å². The minimum absolute atomic E-state index is 0.0369. The van der Waals surface area contributed by atoms with E-state index < -0.39 is 25.7 Å². The molecule has 3 aromatic rings. The molecular weight excluding hydrogens is 374 g/mol. The van der Waals surface area contributed by atoms with Crippen LogP contribution in [0.1, 0.15) is 5.56 Å². The Morgan fingerprint density at radius 2 is 2.12 bits per heavy atom. The van der Waals surface area contributed by atoms with E-state index in [1.165, 1.54) is 31.8 Å². The molecule has 0 fully saturated rings. The summed E-state index contributed by atoms with van der Waals surface area (Å²) < 4.78 is 31.0. The zero-order valence-electron chi connectivity index (χ0n) is 12.7. The van der Waals surface area contributed by atoms with Crippen LogP contribution in [0.3, 0.4) is 0 Å². The normalized spacial score (nSPS) is 11.6. The number of nitro benzene ring substituents is 1. The van der Waals surface area contributed by atoms with Gasteiger partial charge in [-0.2, -0.15) is 4.98 Å². The Balaban J connectivity index is 1.99. The summed E-state index contributed by atoms with van der Waals surface area (Å²) in [4.78, 5) is 22.0. The van der Waals surface area contributed by atoms with Gasteiger partial charge in [-0.15, -0.1) is 0 Å². The lowest BCUT2D eigenvalue weighted by Gasteiger charge is -2.06. The molecule has 2 heterocycles. The van der Waals surface area contributed by atoms with E-state index in [9.17, 15) is 18.5 Å². The molecule has 0 atom stereocenters. The highest BCUT2D eigenvalue weighted by atomic mass is 35.5. The average Bonchev–Trinajstić information content (AvgIpc) is 2.95. The third kappa shape index (κ3) is 3.23. The van der Waals surface area contributed by atoms with Gasteiger partial charge in [-0.1, -0.05) is 6.07 Å². The second-order valence-corrected chi connectivity index (χ2v) is 7.19. The number of rotatable bonds is 5. The standard InChI is InChI=1S/C13H10ClN5O5S/c1-24-11-3-2-8(4-10(11)19(20)21)6-25(22,23)13-15-5-9-12(17-13)18(14)7-16-9/h2-5,7H,6H2,1H3. The number of imidazole rings is 1. The van der Waals surface area contributed by atoms with Gasteiger partial charge < -0.3 is 4.74 Å². The van der Waals surface area contributed by atoms with Gasteiger partial charge in [0.15, 0.2) is 11.4 Å². The Labute approximate surface area is 146 Å². The molecule has 3 rings (SSSR count). The van der Waals surface area contributed by atoms with Gasteiger partial charge in [-0.3, -0.25) is 10.1 Å². The van der Waals surface area contributed by atoms with Gasteiger partial charge in [-0.25, -0.2) is 22.5 Å². The van der Waals surface area contributed by atoms with Crippen molar-refractivity contribution in [1.82, 2.24) is 19.0 Å². The van der Waals surface area contributed by atoms with Crippen molar-refractivity contribution in [3.8, 4) is 5.75 Å². The summed E-state index contributed by atoms with van der Waals surface area (Å²) in [6, 6.07) is 3.90. The summed E-state index contributed by atoms with van der Waals surface area (Å²) in [5, 5.41) is 10.6. The van der Waals surface area contributed by atoms with Crippen LogP contribution in [0.2, 0.25) is 0 Å². The minimum Gasteiger partial charge on any atom is -0.490 e. The van der Waals surface area contributed by atoms with Crippen molar-refractivity contribution in [3.63, 3.8) is 0 Å². The lowest BCUT2D eigenvalue weighted by atomic mass is 10.2. The van der Waals surface area contributed by atoms with Crippen molar-refractivity contribution in [2.75, 3.05) is 7.11 Å².